The molecule has 34 heavy (non-hydrogen) atoms. The van der Waals surface area contributed by atoms with Gasteiger partial charge in [-0.3, -0.25) is 29.4 Å². The fraction of sp³-hybridized carbons (Fsp3) is 0.333. The highest BCUT2D eigenvalue weighted by molar-refractivity contribution is 6.32. The number of Topliss-reactive ketones (excluding diaryl/α,β-unsaturated/α-hetero) is 1. The van der Waals surface area contributed by atoms with Crippen LogP contribution in [0.2, 0.25) is 5.02 Å². The zero-order valence-electron chi connectivity index (χ0n) is 18.2. The van der Waals surface area contributed by atoms with Gasteiger partial charge in [-0.15, -0.1) is 0 Å². The van der Waals surface area contributed by atoms with Crippen molar-refractivity contribution >= 4 is 46.5 Å². The number of anilines is 1. The highest BCUT2D eigenvalue weighted by Crippen LogP contribution is 2.42. The van der Waals surface area contributed by atoms with Gasteiger partial charge in [-0.25, -0.2) is 4.79 Å². The largest absolute Gasteiger partial charge is 0.454 e. The van der Waals surface area contributed by atoms with Crippen LogP contribution in [0.5, 0.6) is 0 Å². The minimum atomic E-state index is -0.830. The SMILES string of the molecule is C[C@H]1CC[C@@H]2C(=O)N(c3cccc(C(=O)OCC(=O)c4ccc(Cl)c([N+](=O)[O-])c4)c3)C(=O)[C@@H]2C1. The maximum Gasteiger partial charge on any atom is 0.338 e. The summed E-state index contributed by atoms with van der Waals surface area (Å²) in [4.78, 5) is 62.2. The molecule has 1 saturated heterocycles. The van der Waals surface area contributed by atoms with Crippen molar-refractivity contribution in [2.75, 3.05) is 11.5 Å². The Hall–Kier alpha value is -3.59. The third-order valence-electron chi connectivity index (χ3n) is 6.33. The summed E-state index contributed by atoms with van der Waals surface area (Å²) in [6, 6.07) is 9.48. The van der Waals surface area contributed by atoms with Crippen molar-refractivity contribution in [3.63, 3.8) is 0 Å². The summed E-state index contributed by atoms with van der Waals surface area (Å²) in [6.45, 7) is 1.42. The van der Waals surface area contributed by atoms with Crippen LogP contribution in [0.3, 0.4) is 0 Å². The van der Waals surface area contributed by atoms with Crippen LogP contribution in [0.1, 0.15) is 46.9 Å². The number of hydrogen-bond acceptors (Lipinski definition) is 7. The van der Waals surface area contributed by atoms with Gasteiger partial charge in [0.05, 0.1) is 28.0 Å². The van der Waals surface area contributed by atoms with E-state index in [1.165, 1.54) is 30.3 Å². The Balaban J connectivity index is 1.46. The van der Waals surface area contributed by atoms with E-state index >= 15 is 0 Å². The summed E-state index contributed by atoms with van der Waals surface area (Å²) in [7, 11) is 0. The van der Waals surface area contributed by atoms with Crippen molar-refractivity contribution in [2.45, 2.75) is 26.2 Å². The standard InChI is InChI=1S/C24H21ClN2O7/c1-13-5-7-17-18(9-13)23(30)26(22(17)29)16-4-2-3-15(10-16)24(31)34-12-21(28)14-6-8-19(25)20(11-14)27(32)33/h2-4,6,8,10-11,13,17-18H,5,7,9,12H2,1H3/t13-,17-,18+/m0/s1. The molecule has 2 aliphatic rings. The summed E-state index contributed by atoms with van der Waals surface area (Å²) in [6.07, 6.45) is 2.23. The van der Waals surface area contributed by atoms with Crippen LogP contribution < -0.4 is 4.90 Å². The number of benzene rings is 2. The zero-order chi connectivity index (χ0) is 24.6. The molecule has 0 bridgehead atoms. The quantitative estimate of drug-likeness (QED) is 0.198. The number of rotatable bonds is 6. The maximum absolute atomic E-state index is 12.9. The lowest BCUT2D eigenvalue weighted by Crippen LogP contribution is -2.31. The molecule has 0 unspecified atom stereocenters. The fourth-order valence-electron chi connectivity index (χ4n) is 4.54. The van der Waals surface area contributed by atoms with Crippen LogP contribution in [-0.4, -0.2) is 35.1 Å². The van der Waals surface area contributed by atoms with Gasteiger partial charge in [-0.05, 0) is 55.5 Å². The molecule has 4 rings (SSSR count). The first-order valence-electron chi connectivity index (χ1n) is 10.8. The Labute approximate surface area is 199 Å². The minimum Gasteiger partial charge on any atom is -0.454 e. The fourth-order valence-corrected chi connectivity index (χ4v) is 4.73. The van der Waals surface area contributed by atoms with Crippen molar-refractivity contribution in [1.82, 2.24) is 0 Å². The Morgan fingerprint density at radius 2 is 1.82 bits per heavy atom. The number of imide groups is 1. The Morgan fingerprint density at radius 1 is 1.09 bits per heavy atom. The van der Waals surface area contributed by atoms with Gasteiger partial charge < -0.3 is 4.74 Å². The first kappa shape index (κ1) is 23.6. The van der Waals surface area contributed by atoms with Crippen LogP contribution in [-0.2, 0) is 14.3 Å². The average Bonchev–Trinajstić information content (AvgIpc) is 3.06. The second-order valence-corrected chi connectivity index (χ2v) is 9.02. The number of nitro groups is 1. The van der Waals surface area contributed by atoms with Crippen molar-refractivity contribution in [3.05, 3.63) is 68.7 Å². The summed E-state index contributed by atoms with van der Waals surface area (Å²) >= 11 is 5.75. The van der Waals surface area contributed by atoms with E-state index in [0.717, 1.165) is 17.4 Å². The van der Waals surface area contributed by atoms with Gasteiger partial charge in [0.1, 0.15) is 5.02 Å². The number of esters is 1. The summed E-state index contributed by atoms with van der Waals surface area (Å²) in [5.74, 6) is -2.29. The summed E-state index contributed by atoms with van der Waals surface area (Å²) in [5.41, 5.74) is -0.105. The maximum atomic E-state index is 12.9. The number of hydrogen-bond donors (Lipinski definition) is 0. The predicted octanol–water partition coefficient (Wildman–Crippen LogP) is 4.21. The Bertz CT molecular complexity index is 1210. The number of fused-ring (bicyclic) bond motifs is 1. The Morgan fingerprint density at radius 3 is 2.56 bits per heavy atom. The molecule has 2 aromatic rings. The predicted molar refractivity (Wildman–Crippen MR) is 122 cm³/mol. The molecule has 0 aromatic heterocycles. The lowest BCUT2D eigenvalue weighted by Gasteiger charge is -2.25. The normalized spacial score (nSPS) is 21.8. The molecule has 176 valence electrons. The molecule has 1 saturated carbocycles. The number of amides is 2. The second-order valence-electron chi connectivity index (χ2n) is 8.62. The topological polar surface area (TPSA) is 124 Å². The van der Waals surface area contributed by atoms with Gasteiger partial charge in [0, 0.05) is 11.6 Å². The lowest BCUT2D eigenvalue weighted by atomic mass is 9.76. The van der Waals surface area contributed by atoms with Crippen molar-refractivity contribution < 1.29 is 28.8 Å². The molecule has 0 N–H and O–H groups in total. The highest BCUT2D eigenvalue weighted by atomic mass is 35.5. The summed E-state index contributed by atoms with van der Waals surface area (Å²) < 4.78 is 5.08. The van der Waals surface area contributed by atoms with Crippen LogP contribution in [0.4, 0.5) is 11.4 Å². The monoisotopic (exact) mass is 484 g/mol. The molecule has 0 spiro atoms. The first-order chi connectivity index (χ1) is 16.2. The van der Waals surface area contributed by atoms with E-state index in [4.69, 9.17) is 16.3 Å². The number of carbonyl (C=O) groups excluding carboxylic acids is 4. The van der Waals surface area contributed by atoms with Gasteiger partial charge in [0.15, 0.2) is 6.61 Å². The summed E-state index contributed by atoms with van der Waals surface area (Å²) in [5, 5.41) is 10.9. The first-order valence-corrected chi connectivity index (χ1v) is 11.2. The lowest BCUT2D eigenvalue weighted by molar-refractivity contribution is -0.384. The van der Waals surface area contributed by atoms with E-state index in [0.29, 0.717) is 18.8 Å². The van der Waals surface area contributed by atoms with Crippen molar-refractivity contribution in [3.8, 4) is 0 Å². The Kier molecular flexibility index (Phi) is 6.47. The molecular weight excluding hydrogens is 464 g/mol. The van der Waals surface area contributed by atoms with Gasteiger partial charge in [-0.2, -0.15) is 0 Å². The number of nitrogens with zero attached hydrogens (tertiary/aromatic N) is 2. The van der Waals surface area contributed by atoms with E-state index in [9.17, 15) is 29.3 Å². The average molecular weight is 485 g/mol. The van der Waals surface area contributed by atoms with E-state index in [2.05, 4.69) is 6.92 Å². The zero-order valence-corrected chi connectivity index (χ0v) is 19.0. The third-order valence-corrected chi connectivity index (χ3v) is 6.65. The molecule has 10 heteroatoms. The van der Waals surface area contributed by atoms with Crippen molar-refractivity contribution in [1.29, 1.82) is 0 Å². The second kappa shape index (κ2) is 9.34. The van der Waals surface area contributed by atoms with Gasteiger partial charge in [0.25, 0.3) is 5.69 Å². The van der Waals surface area contributed by atoms with Crippen LogP contribution in [0, 0.1) is 27.9 Å². The molecule has 1 aliphatic heterocycles. The van der Waals surface area contributed by atoms with Crippen LogP contribution >= 0.6 is 11.6 Å². The van der Waals surface area contributed by atoms with Gasteiger partial charge in [-0.1, -0.05) is 24.6 Å². The molecule has 3 atom stereocenters. The number of ether oxygens (including phenoxy) is 1. The van der Waals surface area contributed by atoms with E-state index in [1.54, 1.807) is 6.07 Å². The molecule has 2 amide bonds. The van der Waals surface area contributed by atoms with E-state index in [1.807, 2.05) is 0 Å². The number of nitro benzene ring substituents is 1. The van der Waals surface area contributed by atoms with E-state index < -0.39 is 29.0 Å². The molecule has 2 aromatic carbocycles. The van der Waals surface area contributed by atoms with Crippen LogP contribution in [0.25, 0.3) is 0 Å². The highest BCUT2D eigenvalue weighted by Gasteiger charge is 2.50. The number of halogens is 1. The molecule has 1 heterocycles. The molecule has 0 radical (unpaired) electrons. The van der Waals surface area contributed by atoms with Gasteiger partial charge >= 0.3 is 5.97 Å². The smallest absolute Gasteiger partial charge is 0.338 e. The van der Waals surface area contributed by atoms with Crippen molar-refractivity contribution in [2.24, 2.45) is 17.8 Å². The van der Waals surface area contributed by atoms with Gasteiger partial charge in [0.2, 0.25) is 17.6 Å². The van der Waals surface area contributed by atoms with Crippen LogP contribution in [0.15, 0.2) is 42.5 Å². The third kappa shape index (κ3) is 4.43. The molecule has 2 fully saturated rings. The molecule has 1 aliphatic carbocycles. The van der Waals surface area contributed by atoms with E-state index in [-0.39, 0.29) is 45.5 Å². The number of carbonyl (C=O) groups is 4. The number of ketones is 1. The minimum absolute atomic E-state index is 0.0252. The molecular formula is C24H21ClN2O7. The molecule has 9 nitrogen and oxygen atoms in total.